The van der Waals surface area contributed by atoms with E-state index in [0.29, 0.717) is 6.04 Å². The standard InChI is InChI=1S/C16H21NOS/c1-3-15(14-6-4-5-7-16(14)18-2)17-10-8-13-9-11-19-12-13/h4-7,9,11-12,15,17H,3,8,10H2,1-2H3. The zero-order chi connectivity index (χ0) is 13.5. The third-order valence-corrected chi connectivity index (χ3v) is 4.04. The highest BCUT2D eigenvalue weighted by Gasteiger charge is 2.12. The molecule has 0 spiro atoms. The lowest BCUT2D eigenvalue weighted by molar-refractivity contribution is 0.397. The molecule has 0 radical (unpaired) electrons. The van der Waals surface area contributed by atoms with Crippen molar-refractivity contribution >= 4 is 11.3 Å². The lowest BCUT2D eigenvalue weighted by atomic mass is 10.0. The summed E-state index contributed by atoms with van der Waals surface area (Å²) in [5, 5.41) is 7.97. The molecule has 0 saturated carbocycles. The van der Waals surface area contributed by atoms with E-state index in [4.69, 9.17) is 4.74 Å². The Bertz CT molecular complexity index is 481. The maximum absolute atomic E-state index is 5.44. The molecule has 1 heterocycles. The summed E-state index contributed by atoms with van der Waals surface area (Å²) in [5.41, 5.74) is 2.66. The van der Waals surface area contributed by atoms with Gasteiger partial charge in [0.25, 0.3) is 0 Å². The minimum atomic E-state index is 0.356. The topological polar surface area (TPSA) is 21.3 Å². The van der Waals surface area contributed by atoms with Crippen LogP contribution in [0.1, 0.15) is 30.5 Å². The van der Waals surface area contributed by atoms with Crippen LogP contribution in [0.25, 0.3) is 0 Å². The van der Waals surface area contributed by atoms with Crippen LogP contribution in [0, 0.1) is 0 Å². The van der Waals surface area contributed by atoms with Crippen molar-refractivity contribution in [2.45, 2.75) is 25.8 Å². The number of hydrogen-bond acceptors (Lipinski definition) is 3. The van der Waals surface area contributed by atoms with Crippen LogP contribution in [0.4, 0.5) is 0 Å². The van der Waals surface area contributed by atoms with Gasteiger partial charge in [-0.15, -0.1) is 0 Å². The average molecular weight is 275 g/mol. The van der Waals surface area contributed by atoms with E-state index in [2.05, 4.69) is 41.2 Å². The highest BCUT2D eigenvalue weighted by atomic mass is 32.1. The van der Waals surface area contributed by atoms with Crippen LogP contribution < -0.4 is 10.1 Å². The summed E-state index contributed by atoms with van der Waals surface area (Å²) in [5.74, 6) is 0.970. The van der Waals surface area contributed by atoms with E-state index in [9.17, 15) is 0 Å². The van der Waals surface area contributed by atoms with Gasteiger partial charge in [-0.2, -0.15) is 11.3 Å². The minimum absolute atomic E-state index is 0.356. The van der Waals surface area contributed by atoms with Gasteiger partial charge in [0.2, 0.25) is 0 Å². The second-order valence-corrected chi connectivity index (χ2v) is 5.32. The molecule has 0 amide bonds. The van der Waals surface area contributed by atoms with Crippen molar-refractivity contribution in [1.29, 1.82) is 0 Å². The van der Waals surface area contributed by atoms with Crippen LogP contribution in [0.5, 0.6) is 5.75 Å². The lowest BCUT2D eigenvalue weighted by Gasteiger charge is -2.19. The molecule has 1 aromatic carbocycles. The first-order valence-electron chi connectivity index (χ1n) is 6.72. The normalized spacial score (nSPS) is 12.3. The highest BCUT2D eigenvalue weighted by Crippen LogP contribution is 2.26. The molecule has 2 rings (SSSR count). The summed E-state index contributed by atoms with van der Waals surface area (Å²) in [6.45, 7) is 3.20. The van der Waals surface area contributed by atoms with Crippen LogP contribution in [0.15, 0.2) is 41.1 Å². The van der Waals surface area contributed by atoms with Crippen molar-refractivity contribution in [1.82, 2.24) is 5.32 Å². The molecule has 0 aliphatic heterocycles. The summed E-state index contributed by atoms with van der Waals surface area (Å²) in [4.78, 5) is 0. The van der Waals surface area contributed by atoms with Crippen molar-refractivity contribution in [3.63, 3.8) is 0 Å². The SMILES string of the molecule is CCC(NCCc1ccsc1)c1ccccc1OC. The van der Waals surface area contributed by atoms with Gasteiger partial charge in [0, 0.05) is 11.6 Å². The molecule has 1 atom stereocenters. The third-order valence-electron chi connectivity index (χ3n) is 3.31. The molecule has 0 bridgehead atoms. The molecule has 3 heteroatoms. The van der Waals surface area contributed by atoms with Crippen molar-refractivity contribution in [2.24, 2.45) is 0 Å². The van der Waals surface area contributed by atoms with E-state index in [1.165, 1.54) is 11.1 Å². The van der Waals surface area contributed by atoms with E-state index in [1.807, 2.05) is 12.1 Å². The van der Waals surface area contributed by atoms with Crippen molar-refractivity contribution < 1.29 is 4.74 Å². The number of ether oxygens (including phenoxy) is 1. The number of benzene rings is 1. The molecule has 1 N–H and O–H groups in total. The predicted octanol–water partition coefficient (Wildman–Crippen LogP) is 4.04. The zero-order valence-electron chi connectivity index (χ0n) is 11.6. The van der Waals surface area contributed by atoms with E-state index in [-0.39, 0.29) is 0 Å². The van der Waals surface area contributed by atoms with E-state index < -0.39 is 0 Å². The molecule has 1 unspecified atom stereocenters. The second-order valence-electron chi connectivity index (χ2n) is 4.54. The van der Waals surface area contributed by atoms with Gasteiger partial charge in [0.15, 0.2) is 0 Å². The Morgan fingerprint density at radius 3 is 2.79 bits per heavy atom. The average Bonchev–Trinajstić information content (AvgIpc) is 2.97. The number of hydrogen-bond donors (Lipinski definition) is 1. The summed E-state index contributed by atoms with van der Waals surface area (Å²) in [6, 6.07) is 10.8. The molecule has 19 heavy (non-hydrogen) atoms. The monoisotopic (exact) mass is 275 g/mol. The summed E-state index contributed by atoms with van der Waals surface area (Å²) in [7, 11) is 1.73. The van der Waals surface area contributed by atoms with Gasteiger partial charge in [-0.05, 0) is 47.8 Å². The Kier molecular flexibility index (Phi) is 5.43. The first kappa shape index (κ1) is 14.1. The molecular weight excluding hydrogens is 254 g/mol. The fourth-order valence-electron chi connectivity index (χ4n) is 2.25. The third kappa shape index (κ3) is 3.82. The Morgan fingerprint density at radius 2 is 2.11 bits per heavy atom. The smallest absolute Gasteiger partial charge is 0.123 e. The van der Waals surface area contributed by atoms with Crippen LogP contribution in [0.3, 0.4) is 0 Å². The second kappa shape index (κ2) is 7.31. The van der Waals surface area contributed by atoms with Gasteiger partial charge in [-0.3, -0.25) is 0 Å². The number of thiophene rings is 1. The summed E-state index contributed by atoms with van der Waals surface area (Å²) < 4.78 is 5.44. The Balaban J connectivity index is 1.95. The number of para-hydroxylation sites is 1. The largest absolute Gasteiger partial charge is 0.496 e. The van der Waals surface area contributed by atoms with Crippen LogP contribution in [-0.4, -0.2) is 13.7 Å². The van der Waals surface area contributed by atoms with Gasteiger partial charge >= 0.3 is 0 Å². The van der Waals surface area contributed by atoms with E-state index in [0.717, 1.165) is 25.1 Å². The highest BCUT2D eigenvalue weighted by molar-refractivity contribution is 7.07. The van der Waals surface area contributed by atoms with Gasteiger partial charge in [0.1, 0.15) is 5.75 Å². The molecule has 2 aromatic rings. The van der Waals surface area contributed by atoms with Gasteiger partial charge < -0.3 is 10.1 Å². The Morgan fingerprint density at radius 1 is 1.26 bits per heavy atom. The van der Waals surface area contributed by atoms with Gasteiger partial charge in [-0.25, -0.2) is 0 Å². The van der Waals surface area contributed by atoms with Gasteiger partial charge in [0.05, 0.1) is 7.11 Å². The molecule has 102 valence electrons. The van der Waals surface area contributed by atoms with Crippen LogP contribution in [0.2, 0.25) is 0 Å². The maximum atomic E-state index is 5.44. The van der Waals surface area contributed by atoms with E-state index >= 15 is 0 Å². The van der Waals surface area contributed by atoms with Crippen molar-refractivity contribution in [3.8, 4) is 5.75 Å². The summed E-state index contributed by atoms with van der Waals surface area (Å²) >= 11 is 1.76. The lowest BCUT2D eigenvalue weighted by Crippen LogP contribution is -2.23. The quantitative estimate of drug-likeness (QED) is 0.823. The number of methoxy groups -OCH3 is 1. The van der Waals surface area contributed by atoms with E-state index in [1.54, 1.807) is 18.4 Å². The predicted molar refractivity (Wildman–Crippen MR) is 82.1 cm³/mol. The number of rotatable bonds is 7. The molecule has 0 saturated heterocycles. The van der Waals surface area contributed by atoms with Gasteiger partial charge in [-0.1, -0.05) is 25.1 Å². The molecule has 0 aliphatic rings. The van der Waals surface area contributed by atoms with Crippen molar-refractivity contribution in [3.05, 3.63) is 52.2 Å². The van der Waals surface area contributed by atoms with Crippen LogP contribution >= 0.6 is 11.3 Å². The Hall–Kier alpha value is -1.32. The minimum Gasteiger partial charge on any atom is -0.496 e. The molecule has 2 nitrogen and oxygen atoms in total. The molecule has 0 fully saturated rings. The zero-order valence-corrected chi connectivity index (χ0v) is 12.4. The fourth-order valence-corrected chi connectivity index (χ4v) is 2.96. The molecule has 0 aliphatic carbocycles. The first-order chi connectivity index (χ1) is 9.35. The number of nitrogens with one attached hydrogen (secondary N) is 1. The van der Waals surface area contributed by atoms with Crippen molar-refractivity contribution in [2.75, 3.05) is 13.7 Å². The molecule has 1 aromatic heterocycles. The molecular formula is C16H21NOS. The maximum Gasteiger partial charge on any atom is 0.123 e. The van der Waals surface area contributed by atoms with Crippen LogP contribution in [-0.2, 0) is 6.42 Å². The Labute approximate surface area is 119 Å². The fraction of sp³-hybridized carbons (Fsp3) is 0.375. The summed E-state index contributed by atoms with van der Waals surface area (Å²) in [6.07, 6.45) is 2.14. The first-order valence-corrected chi connectivity index (χ1v) is 7.66.